The fraction of sp³-hybridized carbons (Fsp3) is 0.444. The fourth-order valence-electron chi connectivity index (χ4n) is 0.964. The molecule has 0 fully saturated rings. The van der Waals surface area contributed by atoms with Crippen LogP contribution < -0.4 is 0 Å². The molecule has 1 rings (SSSR count). The predicted molar refractivity (Wildman–Crippen MR) is 51.8 cm³/mol. The molecule has 3 nitrogen and oxygen atoms in total. The first-order chi connectivity index (χ1) is 6.24. The number of furan rings is 1. The third-order valence-corrected chi connectivity index (χ3v) is 2.03. The summed E-state index contributed by atoms with van der Waals surface area (Å²) in [4.78, 5) is 11.4. The second-order valence-corrected chi connectivity index (χ2v) is 3.40. The van der Waals surface area contributed by atoms with E-state index in [1.165, 1.54) is 0 Å². The molecule has 0 atom stereocenters. The molecule has 0 aliphatic carbocycles. The number of rotatable bonds is 5. The first kappa shape index (κ1) is 10.5. The number of carbonyl (C=O) groups is 1. The Morgan fingerprint density at radius 3 is 2.92 bits per heavy atom. The number of hydrogen-bond acceptors (Lipinski definition) is 3. The Bertz CT molecular complexity index is 280. The lowest BCUT2D eigenvalue weighted by atomic mass is 10.2. The molecule has 1 aromatic rings. The molecule has 1 aromatic heterocycles. The van der Waals surface area contributed by atoms with E-state index < -0.39 is 0 Å². The van der Waals surface area contributed by atoms with Crippen LogP contribution in [0.5, 0.6) is 0 Å². The van der Waals surface area contributed by atoms with Gasteiger partial charge in [-0.1, -0.05) is 0 Å². The molecule has 0 unspecified atom stereocenters. The number of Topliss-reactive ketones (excluding diaryl/α,β-unsaturated/α-hetero) is 1. The lowest BCUT2D eigenvalue weighted by Crippen LogP contribution is -1.99. The van der Waals surface area contributed by atoms with E-state index in [9.17, 15) is 4.79 Å². The van der Waals surface area contributed by atoms with E-state index in [-0.39, 0.29) is 5.78 Å². The van der Waals surface area contributed by atoms with Crippen molar-refractivity contribution in [3.8, 4) is 0 Å². The summed E-state index contributed by atoms with van der Waals surface area (Å²) in [6, 6.07) is 3.38. The van der Waals surface area contributed by atoms with Gasteiger partial charge in [0.2, 0.25) is 0 Å². The van der Waals surface area contributed by atoms with E-state index in [0.717, 1.165) is 6.42 Å². The average molecular weight is 247 g/mol. The highest BCUT2D eigenvalue weighted by molar-refractivity contribution is 9.10. The molecule has 0 aliphatic rings. The number of hydrogen-bond donors (Lipinski definition) is 0. The highest BCUT2D eigenvalue weighted by Crippen LogP contribution is 2.15. The highest BCUT2D eigenvalue weighted by atomic mass is 79.9. The van der Waals surface area contributed by atoms with Gasteiger partial charge in [-0.3, -0.25) is 4.79 Å². The number of methoxy groups -OCH3 is 1. The maximum atomic E-state index is 11.4. The van der Waals surface area contributed by atoms with Crippen molar-refractivity contribution >= 4 is 21.7 Å². The van der Waals surface area contributed by atoms with Crippen molar-refractivity contribution in [3.05, 3.63) is 22.6 Å². The Balaban J connectivity index is 2.40. The van der Waals surface area contributed by atoms with Crippen molar-refractivity contribution in [2.75, 3.05) is 13.7 Å². The predicted octanol–water partition coefficient (Wildman–Crippen LogP) is 2.65. The first-order valence-corrected chi connectivity index (χ1v) is 4.81. The summed E-state index contributed by atoms with van der Waals surface area (Å²) in [5, 5.41) is 0. The van der Waals surface area contributed by atoms with Gasteiger partial charge < -0.3 is 9.15 Å². The summed E-state index contributed by atoms with van der Waals surface area (Å²) < 4.78 is 10.5. The summed E-state index contributed by atoms with van der Waals surface area (Å²) in [5.74, 6) is 0.422. The van der Waals surface area contributed by atoms with E-state index in [0.29, 0.717) is 23.5 Å². The number of halogens is 1. The van der Waals surface area contributed by atoms with Crippen molar-refractivity contribution in [2.45, 2.75) is 12.8 Å². The zero-order valence-electron chi connectivity index (χ0n) is 7.38. The monoisotopic (exact) mass is 246 g/mol. The molecule has 0 spiro atoms. The van der Waals surface area contributed by atoms with Gasteiger partial charge in [-0.05, 0) is 34.5 Å². The van der Waals surface area contributed by atoms with Crippen molar-refractivity contribution < 1.29 is 13.9 Å². The van der Waals surface area contributed by atoms with Crippen LogP contribution in [-0.4, -0.2) is 19.5 Å². The second kappa shape index (κ2) is 5.19. The largest absolute Gasteiger partial charge is 0.446 e. The third-order valence-electron chi connectivity index (χ3n) is 1.60. The summed E-state index contributed by atoms with van der Waals surface area (Å²) >= 11 is 3.14. The minimum Gasteiger partial charge on any atom is -0.446 e. The Morgan fingerprint density at radius 2 is 2.38 bits per heavy atom. The van der Waals surface area contributed by atoms with Crippen LogP contribution in [0.2, 0.25) is 0 Å². The molecule has 0 aliphatic heterocycles. The molecule has 0 bridgehead atoms. The van der Waals surface area contributed by atoms with Gasteiger partial charge >= 0.3 is 0 Å². The van der Waals surface area contributed by atoms with Crippen molar-refractivity contribution in [2.24, 2.45) is 0 Å². The molecule has 0 saturated carbocycles. The highest BCUT2D eigenvalue weighted by Gasteiger charge is 2.09. The van der Waals surface area contributed by atoms with Gasteiger partial charge in [0.1, 0.15) is 0 Å². The van der Waals surface area contributed by atoms with Crippen LogP contribution in [0.1, 0.15) is 23.4 Å². The minimum absolute atomic E-state index is 0.0164. The van der Waals surface area contributed by atoms with Crippen LogP contribution in [0.4, 0.5) is 0 Å². The quantitative estimate of drug-likeness (QED) is 0.593. The number of ether oxygens (including phenoxy) is 1. The minimum atomic E-state index is 0.0164. The molecule has 13 heavy (non-hydrogen) atoms. The van der Waals surface area contributed by atoms with Crippen LogP contribution in [0.15, 0.2) is 21.2 Å². The maximum absolute atomic E-state index is 11.4. The first-order valence-electron chi connectivity index (χ1n) is 4.01. The SMILES string of the molecule is COCCCC(=O)c1ccc(Br)o1. The lowest BCUT2D eigenvalue weighted by molar-refractivity contribution is 0.0935. The third kappa shape index (κ3) is 3.32. The molecule has 0 radical (unpaired) electrons. The van der Waals surface area contributed by atoms with Gasteiger partial charge in [0.05, 0.1) is 0 Å². The van der Waals surface area contributed by atoms with Crippen molar-refractivity contribution in [1.82, 2.24) is 0 Å². The Morgan fingerprint density at radius 1 is 1.62 bits per heavy atom. The number of ketones is 1. The zero-order chi connectivity index (χ0) is 9.68. The van der Waals surface area contributed by atoms with Gasteiger partial charge in [-0.15, -0.1) is 0 Å². The Kier molecular flexibility index (Phi) is 4.18. The topological polar surface area (TPSA) is 39.4 Å². The van der Waals surface area contributed by atoms with E-state index >= 15 is 0 Å². The van der Waals surface area contributed by atoms with Crippen LogP contribution in [-0.2, 0) is 4.74 Å². The molecule has 0 saturated heterocycles. The van der Waals surface area contributed by atoms with Gasteiger partial charge in [-0.25, -0.2) is 0 Å². The zero-order valence-corrected chi connectivity index (χ0v) is 8.96. The smallest absolute Gasteiger partial charge is 0.198 e. The van der Waals surface area contributed by atoms with Gasteiger partial charge in [0.25, 0.3) is 0 Å². The number of carbonyl (C=O) groups excluding carboxylic acids is 1. The van der Waals surface area contributed by atoms with Crippen molar-refractivity contribution in [1.29, 1.82) is 0 Å². The van der Waals surface area contributed by atoms with E-state index in [1.807, 2.05) is 0 Å². The molecule has 0 N–H and O–H groups in total. The molecular weight excluding hydrogens is 236 g/mol. The van der Waals surface area contributed by atoms with Gasteiger partial charge in [0.15, 0.2) is 16.2 Å². The van der Waals surface area contributed by atoms with Crippen molar-refractivity contribution in [3.63, 3.8) is 0 Å². The van der Waals surface area contributed by atoms with E-state index in [4.69, 9.17) is 9.15 Å². The normalized spacial score (nSPS) is 10.3. The summed E-state index contributed by atoms with van der Waals surface area (Å²) in [6.07, 6.45) is 1.20. The molecule has 4 heteroatoms. The van der Waals surface area contributed by atoms with Crippen LogP contribution in [0.25, 0.3) is 0 Å². The second-order valence-electron chi connectivity index (χ2n) is 2.62. The van der Waals surface area contributed by atoms with E-state index in [1.54, 1.807) is 19.2 Å². The van der Waals surface area contributed by atoms with E-state index in [2.05, 4.69) is 15.9 Å². The maximum Gasteiger partial charge on any atom is 0.198 e. The van der Waals surface area contributed by atoms with Crippen LogP contribution in [0, 0.1) is 0 Å². The molecule has 0 amide bonds. The Labute approximate surface area is 85.2 Å². The fourth-order valence-corrected chi connectivity index (χ4v) is 1.27. The standard InChI is InChI=1S/C9H11BrO3/c1-12-6-2-3-7(11)8-4-5-9(10)13-8/h4-5H,2-3,6H2,1H3. The van der Waals surface area contributed by atoms with Gasteiger partial charge in [-0.2, -0.15) is 0 Å². The lowest BCUT2D eigenvalue weighted by Gasteiger charge is -1.96. The summed E-state index contributed by atoms with van der Waals surface area (Å²) in [6.45, 7) is 0.605. The average Bonchev–Trinajstić information content (AvgIpc) is 2.52. The molecule has 1 heterocycles. The molecular formula is C9H11BrO3. The van der Waals surface area contributed by atoms with Gasteiger partial charge in [0, 0.05) is 20.1 Å². The molecule has 0 aromatic carbocycles. The van der Waals surface area contributed by atoms with Crippen LogP contribution >= 0.6 is 15.9 Å². The summed E-state index contributed by atoms with van der Waals surface area (Å²) in [5.41, 5.74) is 0. The molecule has 72 valence electrons. The van der Waals surface area contributed by atoms with Crippen LogP contribution in [0.3, 0.4) is 0 Å². The summed E-state index contributed by atoms with van der Waals surface area (Å²) in [7, 11) is 1.62. The Hall–Kier alpha value is -0.610.